The van der Waals surface area contributed by atoms with E-state index in [4.69, 9.17) is 23.2 Å². The van der Waals surface area contributed by atoms with Gasteiger partial charge in [0.1, 0.15) is 0 Å². The monoisotopic (exact) mass is 254 g/mol. The first-order valence-corrected chi connectivity index (χ1v) is 7.14. The standard InChI is InChI=1S/C12H26Cl2N/c1-5-11(3)15(9-7-13,10-8-14)12(4)6-2/h11-12H,5-10H2,1-4H3/q+1. The molecule has 0 aromatic heterocycles. The van der Waals surface area contributed by atoms with Crippen LogP contribution in [0.1, 0.15) is 40.5 Å². The zero-order valence-electron chi connectivity index (χ0n) is 10.6. The van der Waals surface area contributed by atoms with Crippen molar-refractivity contribution in [2.45, 2.75) is 52.6 Å². The van der Waals surface area contributed by atoms with Gasteiger partial charge >= 0.3 is 0 Å². The van der Waals surface area contributed by atoms with Gasteiger partial charge in [-0.25, -0.2) is 0 Å². The number of halogens is 2. The number of rotatable bonds is 8. The van der Waals surface area contributed by atoms with Gasteiger partial charge in [-0.05, 0) is 26.7 Å². The largest absolute Gasteiger partial charge is 0.317 e. The second-order valence-corrected chi connectivity index (χ2v) is 5.20. The molecule has 2 unspecified atom stereocenters. The highest BCUT2D eigenvalue weighted by Gasteiger charge is 2.36. The predicted octanol–water partition coefficient (Wildman–Crippen LogP) is 3.88. The van der Waals surface area contributed by atoms with E-state index in [1.807, 2.05) is 0 Å². The normalized spacial score (nSPS) is 16.4. The topological polar surface area (TPSA) is 0 Å². The second kappa shape index (κ2) is 7.76. The molecule has 0 bridgehead atoms. The third-order valence-electron chi connectivity index (χ3n) is 3.94. The summed E-state index contributed by atoms with van der Waals surface area (Å²) in [6.07, 6.45) is 2.39. The Morgan fingerprint density at radius 3 is 1.40 bits per heavy atom. The molecule has 0 aliphatic rings. The zero-order valence-corrected chi connectivity index (χ0v) is 12.1. The van der Waals surface area contributed by atoms with Gasteiger partial charge < -0.3 is 4.48 Å². The van der Waals surface area contributed by atoms with Gasteiger partial charge in [-0.3, -0.25) is 0 Å². The molecule has 0 aromatic rings. The predicted molar refractivity (Wildman–Crippen MR) is 70.9 cm³/mol. The van der Waals surface area contributed by atoms with Gasteiger partial charge in [0, 0.05) is 0 Å². The van der Waals surface area contributed by atoms with Gasteiger partial charge in [0.2, 0.25) is 0 Å². The van der Waals surface area contributed by atoms with Gasteiger partial charge in [0.25, 0.3) is 0 Å². The summed E-state index contributed by atoms with van der Waals surface area (Å²) < 4.78 is 1.08. The van der Waals surface area contributed by atoms with Crippen LogP contribution in [0.3, 0.4) is 0 Å². The van der Waals surface area contributed by atoms with Crippen molar-refractivity contribution < 1.29 is 4.48 Å². The van der Waals surface area contributed by atoms with E-state index in [-0.39, 0.29) is 0 Å². The lowest BCUT2D eigenvalue weighted by atomic mass is 10.0. The highest BCUT2D eigenvalue weighted by atomic mass is 35.5. The van der Waals surface area contributed by atoms with Crippen LogP contribution in [0.15, 0.2) is 0 Å². The van der Waals surface area contributed by atoms with Crippen molar-refractivity contribution in [1.82, 2.24) is 0 Å². The van der Waals surface area contributed by atoms with E-state index < -0.39 is 0 Å². The maximum Gasteiger partial charge on any atom is 0.0928 e. The molecule has 1 nitrogen and oxygen atoms in total. The van der Waals surface area contributed by atoms with Crippen molar-refractivity contribution in [2.24, 2.45) is 0 Å². The molecule has 0 N–H and O–H groups in total. The molecule has 15 heavy (non-hydrogen) atoms. The molecule has 0 saturated carbocycles. The van der Waals surface area contributed by atoms with Crippen LogP contribution in [0.4, 0.5) is 0 Å². The Balaban J connectivity index is 4.86. The Morgan fingerprint density at radius 2 is 1.20 bits per heavy atom. The first-order chi connectivity index (χ1) is 7.08. The van der Waals surface area contributed by atoms with E-state index >= 15 is 0 Å². The van der Waals surface area contributed by atoms with Crippen molar-refractivity contribution in [3.63, 3.8) is 0 Å². The lowest BCUT2D eigenvalue weighted by Crippen LogP contribution is -2.61. The summed E-state index contributed by atoms with van der Waals surface area (Å²) in [6, 6.07) is 1.30. The van der Waals surface area contributed by atoms with Gasteiger partial charge in [0.15, 0.2) is 0 Å². The summed E-state index contributed by atoms with van der Waals surface area (Å²) in [5.41, 5.74) is 0. The van der Waals surface area contributed by atoms with Crippen molar-refractivity contribution in [3.8, 4) is 0 Å². The van der Waals surface area contributed by atoms with Crippen LogP contribution >= 0.6 is 23.2 Å². The Hall–Kier alpha value is 0.540. The smallest absolute Gasteiger partial charge is 0.0928 e. The fraction of sp³-hybridized carbons (Fsp3) is 1.00. The summed E-state index contributed by atoms with van der Waals surface area (Å²) >= 11 is 11.9. The quantitative estimate of drug-likeness (QED) is 0.456. The van der Waals surface area contributed by atoms with E-state index in [2.05, 4.69) is 27.7 Å². The molecule has 3 heteroatoms. The lowest BCUT2D eigenvalue weighted by Gasteiger charge is -2.47. The molecule has 92 valence electrons. The first kappa shape index (κ1) is 15.5. The minimum Gasteiger partial charge on any atom is -0.317 e. The SMILES string of the molecule is CCC(C)[N+](CCCl)(CCCl)C(C)CC. The highest BCUT2D eigenvalue weighted by molar-refractivity contribution is 6.18. The molecule has 0 saturated heterocycles. The Labute approximate surface area is 105 Å². The Kier molecular flexibility index (Phi) is 8.03. The van der Waals surface area contributed by atoms with E-state index in [9.17, 15) is 0 Å². The van der Waals surface area contributed by atoms with E-state index in [1.54, 1.807) is 0 Å². The molecule has 0 amide bonds. The molecule has 0 aromatic carbocycles. The summed E-state index contributed by atoms with van der Waals surface area (Å²) in [4.78, 5) is 0. The maximum absolute atomic E-state index is 5.96. The Morgan fingerprint density at radius 1 is 0.867 bits per heavy atom. The minimum atomic E-state index is 0.650. The number of quaternary nitrogens is 1. The number of alkyl halides is 2. The molecular weight excluding hydrogens is 229 g/mol. The second-order valence-electron chi connectivity index (χ2n) is 4.44. The highest BCUT2D eigenvalue weighted by Crippen LogP contribution is 2.24. The van der Waals surface area contributed by atoms with E-state index in [1.165, 1.54) is 12.8 Å². The van der Waals surface area contributed by atoms with Crippen LogP contribution in [0.5, 0.6) is 0 Å². The molecule has 0 aliphatic heterocycles. The molecule has 0 heterocycles. The summed E-state index contributed by atoms with van der Waals surface area (Å²) in [5, 5.41) is 0. The van der Waals surface area contributed by atoms with Crippen molar-refractivity contribution >= 4 is 23.2 Å². The zero-order chi connectivity index (χ0) is 11.9. The fourth-order valence-corrected chi connectivity index (χ4v) is 3.10. The number of hydrogen-bond donors (Lipinski definition) is 0. The first-order valence-electron chi connectivity index (χ1n) is 6.07. The van der Waals surface area contributed by atoms with Crippen LogP contribution in [0.2, 0.25) is 0 Å². The van der Waals surface area contributed by atoms with Gasteiger partial charge in [-0.15, -0.1) is 23.2 Å². The fourth-order valence-electron chi connectivity index (χ4n) is 2.47. The number of hydrogen-bond acceptors (Lipinski definition) is 0. The van der Waals surface area contributed by atoms with Crippen LogP contribution in [-0.2, 0) is 0 Å². The molecule has 0 radical (unpaired) electrons. The molecule has 0 fully saturated rings. The van der Waals surface area contributed by atoms with Crippen molar-refractivity contribution in [3.05, 3.63) is 0 Å². The van der Waals surface area contributed by atoms with E-state index in [0.717, 1.165) is 29.3 Å². The number of nitrogens with zero attached hydrogens (tertiary/aromatic N) is 1. The molecule has 0 spiro atoms. The summed E-state index contributed by atoms with van der Waals surface area (Å²) in [5.74, 6) is 1.46. The van der Waals surface area contributed by atoms with Gasteiger partial charge in [-0.2, -0.15) is 0 Å². The van der Waals surface area contributed by atoms with Crippen molar-refractivity contribution in [1.29, 1.82) is 0 Å². The molecule has 0 rings (SSSR count). The van der Waals surface area contributed by atoms with Crippen LogP contribution < -0.4 is 0 Å². The maximum atomic E-state index is 5.96. The summed E-state index contributed by atoms with van der Waals surface area (Å²) in [6.45, 7) is 11.2. The summed E-state index contributed by atoms with van der Waals surface area (Å²) in [7, 11) is 0. The molecule has 2 atom stereocenters. The van der Waals surface area contributed by atoms with Crippen LogP contribution in [-0.4, -0.2) is 41.4 Å². The molecular formula is C12H26Cl2N+. The molecule has 0 aliphatic carbocycles. The third-order valence-corrected chi connectivity index (χ3v) is 4.28. The van der Waals surface area contributed by atoms with Gasteiger partial charge in [0.05, 0.1) is 36.9 Å². The van der Waals surface area contributed by atoms with E-state index in [0.29, 0.717) is 12.1 Å². The average molecular weight is 255 g/mol. The van der Waals surface area contributed by atoms with Crippen molar-refractivity contribution in [2.75, 3.05) is 24.8 Å². The van der Waals surface area contributed by atoms with Crippen LogP contribution in [0.25, 0.3) is 0 Å². The minimum absolute atomic E-state index is 0.650. The van der Waals surface area contributed by atoms with Gasteiger partial charge in [-0.1, -0.05) is 13.8 Å². The lowest BCUT2D eigenvalue weighted by molar-refractivity contribution is -0.966. The Bertz CT molecular complexity index is 144. The third kappa shape index (κ3) is 3.80. The van der Waals surface area contributed by atoms with Crippen LogP contribution in [0, 0.1) is 0 Å². The average Bonchev–Trinajstić information content (AvgIpc) is 2.26.